The molecule has 0 unspecified atom stereocenters. The molecule has 0 saturated carbocycles. The van der Waals surface area contributed by atoms with E-state index in [2.05, 4.69) is 52.1 Å². The van der Waals surface area contributed by atoms with Crippen LogP contribution in [-0.2, 0) is 0 Å². The van der Waals surface area contributed by atoms with Crippen LogP contribution >= 0.6 is 23.4 Å². The van der Waals surface area contributed by atoms with Gasteiger partial charge in [0.05, 0.1) is 5.69 Å². The van der Waals surface area contributed by atoms with Gasteiger partial charge in [-0.3, -0.25) is 0 Å². The van der Waals surface area contributed by atoms with Crippen molar-refractivity contribution < 1.29 is 0 Å². The van der Waals surface area contributed by atoms with E-state index < -0.39 is 0 Å². The minimum absolute atomic E-state index is 0.567. The largest absolute Gasteiger partial charge is 0.394 e. The van der Waals surface area contributed by atoms with E-state index in [1.54, 1.807) is 6.33 Å². The highest BCUT2D eigenvalue weighted by Crippen LogP contribution is 2.38. The molecule has 2 N–H and O–H groups in total. The van der Waals surface area contributed by atoms with E-state index >= 15 is 0 Å². The second-order valence-electron chi connectivity index (χ2n) is 6.21. The Morgan fingerprint density at radius 3 is 2.50 bits per heavy atom. The van der Waals surface area contributed by atoms with Crippen molar-refractivity contribution in [3.8, 4) is 0 Å². The molecule has 0 amide bonds. The first kappa shape index (κ1) is 18.6. The molecule has 6 heteroatoms. The number of nitrogens with zero attached hydrogens (tertiary/aromatic N) is 3. The molecule has 140 valence electrons. The van der Waals surface area contributed by atoms with Gasteiger partial charge < -0.3 is 10.6 Å². The summed E-state index contributed by atoms with van der Waals surface area (Å²) < 4.78 is 0. The van der Waals surface area contributed by atoms with E-state index in [-0.39, 0.29) is 0 Å². The predicted octanol–water partition coefficient (Wildman–Crippen LogP) is 6.17. The summed E-state index contributed by atoms with van der Waals surface area (Å²) in [5.74, 6) is 0.713. The van der Waals surface area contributed by atoms with Crippen LogP contribution in [0.25, 0.3) is 10.8 Å². The molecule has 0 bridgehead atoms. The molecule has 4 nitrogen and oxygen atoms in total. The zero-order valence-electron chi connectivity index (χ0n) is 15.3. The molecule has 1 aromatic heterocycles. The van der Waals surface area contributed by atoms with Gasteiger partial charge in [-0.25, -0.2) is 9.97 Å². The lowest BCUT2D eigenvalue weighted by molar-refractivity contribution is 0.958. The Balaban J connectivity index is 1.76. The highest BCUT2D eigenvalue weighted by atomic mass is 35.5. The number of halogens is 1. The van der Waals surface area contributed by atoms with Crippen LogP contribution in [0.2, 0.25) is 5.02 Å². The zero-order valence-corrected chi connectivity index (χ0v) is 16.9. The number of nitrogens with two attached hydrogens (primary N) is 1. The molecular weight excluding hydrogens is 388 g/mol. The van der Waals surface area contributed by atoms with Crippen molar-refractivity contribution in [3.05, 3.63) is 78.1 Å². The summed E-state index contributed by atoms with van der Waals surface area (Å²) in [7, 11) is 0. The smallest absolute Gasteiger partial charge is 0.160 e. The van der Waals surface area contributed by atoms with Crippen LogP contribution in [0.1, 0.15) is 6.92 Å². The summed E-state index contributed by atoms with van der Waals surface area (Å²) in [4.78, 5) is 12.1. The quantitative estimate of drug-likeness (QED) is 0.401. The van der Waals surface area contributed by atoms with E-state index in [1.807, 2.05) is 36.4 Å². The highest BCUT2D eigenvalue weighted by molar-refractivity contribution is 7.99. The molecule has 0 radical (unpaired) electrons. The number of aromatic nitrogens is 2. The van der Waals surface area contributed by atoms with Crippen molar-refractivity contribution in [3.63, 3.8) is 0 Å². The molecule has 4 rings (SSSR count). The fourth-order valence-electron chi connectivity index (χ4n) is 3.16. The summed E-state index contributed by atoms with van der Waals surface area (Å²) in [6.07, 6.45) is 1.57. The van der Waals surface area contributed by atoms with Gasteiger partial charge in [0.1, 0.15) is 17.0 Å². The van der Waals surface area contributed by atoms with E-state index in [1.165, 1.54) is 17.1 Å². The molecule has 0 aliphatic rings. The number of hydrogen-bond acceptors (Lipinski definition) is 5. The maximum absolute atomic E-state index is 6.51. The van der Waals surface area contributed by atoms with Gasteiger partial charge in [-0.05, 0) is 42.6 Å². The van der Waals surface area contributed by atoms with Crippen LogP contribution in [0.5, 0.6) is 0 Å². The van der Waals surface area contributed by atoms with Gasteiger partial charge in [0.15, 0.2) is 5.82 Å². The van der Waals surface area contributed by atoms with Crippen LogP contribution in [-0.4, -0.2) is 16.5 Å². The zero-order chi connectivity index (χ0) is 19.5. The van der Waals surface area contributed by atoms with Crippen LogP contribution in [0.15, 0.2) is 83.0 Å². The molecule has 0 atom stereocenters. The number of nitrogen functional groups attached to an aromatic ring is 1. The SMILES string of the molecule is CCN(c1ncnc(Sc2ccc(Cl)cc2)c1N)c1cccc2ccccc12. The third-order valence-corrected chi connectivity index (χ3v) is 5.76. The lowest BCUT2D eigenvalue weighted by atomic mass is 10.1. The van der Waals surface area contributed by atoms with Gasteiger partial charge in [0.25, 0.3) is 0 Å². The number of benzene rings is 3. The summed E-state index contributed by atoms with van der Waals surface area (Å²) in [6.45, 7) is 2.83. The highest BCUT2D eigenvalue weighted by Gasteiger charge is 2.18. The monoisotopic (exact) mass is 406 g/mol. The summed E-state index contributed by atoms with van der Waals surface area (Å²) >= 11 is 7.48. The summed E-state index contributed by atoms with van der Waals surface area (Å²) in [5.41, 5.74) is 8.15. The maximum atomic E-state index is 6.51. The fourth-order valence-corrected chi connectivity index (χ4v) is 4.08. The Morgan fingerprint density at radius 1 is 0.964 bits per heavy atom. The number of fused-ring (bicyclic) bond motifs is 1. The molecular formula is C22H19ClN4S. The minimum Gasteiger partial charge on any atom is -0.394 e. The lowest BCUT2D eigenvalue weighted by Crippen LogP contribution is -2.20. The number of rotatable bonds is 5. The van der Waals surface area contributed by atoms with Gasteiger partial charge in [0.2, 0.25) is 0 Å². The molecule has 0 aliphatic heterocycles. The molecule has 4 aromatic rings. The van der Waals surface area contributed by atoms with Gasteiger partial charge >= 0.3 is 0 Å². The first-order valence-corrected chi connectivity index (χ1v) is 10.2. The molecule has 28 heavy (non-hydrogen) atoms. The number of hydrogen-bond donors (Lipinski definition) is 1. The standard InChI is InChI=1S/C22H19ClN4S/c1-2-27(19-9-5-7-15-6-3-4-8-18(15)19)21-20(24)22(26-14-25-21)28-17-12-10-16(23)11-13-17/h3-14H,2,24H2,1H3. The minimum atomic E-state index is 0.567. The Labute approximate surface area is 173 Å². The maximum Gasteiger partial charge on any atom is 0.160 e. The van der Waals surface area contributed by atoms with E-state index in [9.17, 15) is 0 Å². The second kappa shape index (κ2) is 8.09. The van der Waals surface area contributed by atoms with Crippen LogP contribution < -0.4 is 10.6 Å². The lowest BCUT2D eigenvalue weighted by Gasteiger charge is -2.25. The predicted molar refractivity (Wildman–Crippen MR) is 119 cm³/mol. The summed E-state index contributed by atoms with van der Waals surface area (Å²) in [5, 5.41) is 3.78. The van der Waals surface area contributed by atoms with Crippen molar-refractivity contribution in [2.24, 2.45) is 0 Å². The Kier molecular flexibility index (Phi) is 5.37. The van der Waals surface area contributed by atoms with Crippen LogP contribution in [0, 0.1) is 0 Å². The van der Waals surface area contributed by atoms with E-state index in [0.29, 0.717) is 16.5 Å². The van der Waals surface area contributed by atoms with Crippen molar-refractivity contribution in [1.82, 2.24) is 9.97 Å². The van der Waals surface area contributed by atoms with Crippen molar-refractivity contribution >= 4 is 51.3 Å². The van der Waals surface area contributed by atoms with Crippen molar-refractivity contribution in [2.75, 3.05) is 17.2 Å². The van der Waals surface area contributed by atoms with Gasteiger partial charge in [0, 0.05) is 21.8 Å². The topological polar surface area (TPSA) is 55.0 Å². The van der Waals surface area contributed by atoms with E-state index in [4.69, 9.17) is 17.3 Å². The Morgan fingerprint density at radius 2 is 1.71 bits per heavy atom. The third-order valence-electron chi connectivity index (χ3n) is 4.48. The van der Waals surface area contributed by atoms with Gasteiger partial charge in [-0.15, -0.1) is 0 Å². The van der Waals surface area contributed by atoms with Crippen molar-refractivity contribution in [1.29, 1.82) is 0 Å². The van der Waals surface area contributed by atoms with Crippen LogP contribution in [0.4, 0.5) is 17.2 Å². The summed E-state index contributed by atoms with van der Waals surface area (Å²) in [6, 6.07) is 22.2. The van der Waals surface area contributed by atoms with Gasteiger partial charge in [-0.2, -0.15) is 0 Å². The average Bonchev–Trinajstić information content (AvgIpc) is 2.73. The number of anilines is 3. The molecule has 0 saturated heterocycles. The van der Waals surface area contributed by atoms with E-state index in [0.717, 1.165) is 27.5 Å². The average molecular weight is 407 g/mol. The van der Waals surface area contributed by atoms with Crippen LogP contribution in [0.3, 0.4) is 0 Å². The Bertz CT molecular complexity index is 1110. The fraction of sp³-hybridized carbons (Fsp3) is 0.0909. The molecule has 1 heterocycles. The van der Waals surface area contributed by atoms with Gasteiger partial charge in [-0.1, -0.05) is 59.8 Å². The third kappa shape index (κ3) is 3.63. The normalized spacial score (nSPS) is 10.9. The molecule has 3 aromatic carbocycles. The molecule has 0 aliphatic carbocycles. The first-order chi connectivity index (χ1) is 13.7. The molecule has 0 spiro atoms. The van der Waals surface area contributed by atoms with Crippen molar-refractivity contribution in [2.45, 2.75) is 16.8 Å². The Hall–Kier alpha value is -2.76. The molecule has 0 fully saturated rings. The second-order valence-corrected chi connectivity index (χ2v) is 7.71. The first-order valence-electron chi connectivity index (χ1n) is 8.96.